The predicted molar refractivity (Wildman–Crippen MR) is 97.9 cm³/mol. The topological polar surface area (TPSA) is 56.7 Å². The second-order valence-corrected chi connectivity index (χ2v) is 6.70. The zero-order valence-corrected chi connectivity index (χ0v) is 15.1. The molecular formula is C19H14F2N4OS. The third-order valence-electron chi connectivity index (χ3n) is 3.96. The number of hydrogen-bond donors (Lipinski definition) is 0. The Bertz CT molecular complexity index is 1080. The van der Waals surface area contributed by atoms with E-state index >= 15 is 0 Å². The lowest BCUT2D eigenvalue weighted by Gasteiger charge is -2.04. The Labute approximate surface area is 158 Å². The molecule has 0 aliphatic carbocycles. The Morgan fingerprint density at radius 3 is 2.59 bits per heavy atom. The van der Waals surface area contributed by atoms with E-state index in [1.54, 1.807) is 48.1 Å². The first-order valence-electron chi connectivity index (χ1n) is 8.09. The van der Waals surface area contributed by atoms with Crippen LogP contribution in [0, 0.1) is 11.6 Å². The molecule has 5 nitrogen and oxygen atoms in total. The van der Waals surface area contributed by atoms with Crippen molar-refractivity contribution in [3.63, 3.8) is 0 Å². The van der Waals surface area contributed by atoms with Gasteiger partial charge in [0.25, 0.3) is 0 Å². The number of benzene rings is 2. The Morgan fingerprint density at radius 2 is 1.81 bits per heavy atom. The van der Waals surface area contributed by atoms with Crippen LogP contribution in [-0.2, 0) is 12.8 Å². The van der Waals surface area contributed by atoms with Crippen molar-refractivity contribution in [1.29, 1.82) is 0 Å². The van der Waals surface area contributed by atoms with Crippen LogP contribution in [0.3, 0.4) is 0 Å². The monoisotopic (exact) mass is 384 g/mol. The van der Waals surface area contributed by atoms with E-state index in [2.05, 4.69) is 15.2 Å². The highest BCUT2D eigenvalue weighted by Gasteiger charge is 2.15. The van der Waals surface area contributed by atoms with Crippen LogP contribution in [-0.4, -0.2) is 19.7 Å². The van der Waals surface area contributed by atoms with Gasteiger partial charge in [-0.05, 0) is 36.4 Å². The Balaban J connectivity index is 1.49. The van der Waals surface area contributed by atoms with Crippen molar-refractivity contribution in [2.24, 2.45) is 7.05 Å². The smallest absolute Gasteiger partial charge is 0.205 e. The molecule has 0 radical (unpaired) electrons. The summed E-state index contributed by atoms with van der Waals surface area (Å²) >= 11 is 1.38. The molecule has 8 heteroatoms. The van der Waals surface area contributed by atoms with Gasteiger partial charge in [0.1, 0.15) is 11.6 Å². The van der Waals surface area contributed by atoms with E-state index in [1.807, 2.05) is 0 Å². The molecule has 0 amide bonds. The predicted octanol–water partition coefficient (Wildman–Crippen LogP) is 4.71. The van der Waals surface area contributed by atoms with Crippen LogP contribution in [0.5, 0.6) is 0 Å². The van der Waals surface area contributed by atoms with Crippen molar-refractivity contribution in [3.05, 3.63) is 72.3 Å². The second-order valence-electron chi connectivity index (χ2n) is 5.76. The van der Waals surface area contributed by atoms with Gasteiger partial charge in [-0.25, -0.2) is 13.8 Å². The molecule has 0 aliphatic heterocycles. The molecule has 0 spiro atoms. The minimum absolute atomic E-state index is 0.304. The SMILES string of the molecule is Cn1c(SCc2ncc(-c3ccc(F)cc3)o2)nnc1-c1ccccc1F. The lowest BCUT2D eigenvalue weighted by molar-refractivity contribution is 0.529. The molecule has 136 valence electrons. The molecule has 0 saturated carbocycles. The number of hydrogen-bond acceptors (Lipinski definition) is 5. The Morgan fingerprint density at radius 1 is 1.04 bits per heavy atom. The highest BCUT2D eigenvalue weighted by atomic mass is 32.2. The summed E-state index contributed by atoms with van der Waals surface area (Å²) in [5.74, 6) is 1.31. The fourth-order valence-corrected chi connectivity index (χ4v) is 3.33. The van der Waals surface area contributed by atoms with Crippen LogP contribution in [0.1, 0.15) is 5.89 Å². The summed E-state index contributed by atoms with van der Waals surface area (Å²) in [4.78, 5) is 4.24. The molecule has 4 aromatic rings. The minimum Gasteiger partial charge on any atom is -0.440 e. The van der Waals surface area contributed by atoms with E-state index < -0.39 is 0 Å². The highest BCUT2D eigenvalue weighted by Crippen LogP contribution is 2.28. The van der Waals surface area contributed by atoms with Crippen molar-refractivity contribution in [2.75, 3.05) is 0 Å². The fourth-order valence-electron chi connectivity index (χ4n) is 2.57. The first-order chi connectivity index (χ1) is 13.1. The van der Waals surface area contributed by atoms with Crippen LogP contribution < -0.4 is 0 Å². The number of aromatic nitrogens is 4. The molecule has 0 N–H and O–H groups in total. The van der Waals surface area contributed by atoms with Gasteiger partial charge in [-0.3, -0.25) is 0 Å². The minimum atomic E-state index is -0.346. The van der Waals surface area contributed by atoms with Crippen molar-refractivity contribution in [2.45, 2.75) is 10.9 Å². The number of rotatable bonds is 5. The van der Waals surface area contributed by atoms with Gasteiger partial charge in [-0.2, -0.15) is 0 Å². The van der Waals surface area contributed by atoms with Crippen molar-refractivity contribution < 1.29 is 13.2 Å². The quantitative estimate of drug-likeness (QED) is 0.467. The molecule has 0 aliphatic rings. The number of oxazole rings is 1. The molecule has 27 heavy (non-hydrogen) atoms. The van der Waals surface area contributed by atoms with Crippen molar-refractivity contribution in [3.8, 4) is 22.7 Å². The number of thioether (sulfide) groups is 1. The van der Waals surface area contributed by atoms with E-state index in [0.717, 1.165) is 5.56 Å². The molecule has 2 heterocycles. The van der Waals surface area contributed by atoms with Gasteiger partial charge in [-0.1, -0.05) is 23.9 Å². The molecular weight excluding hydrogens is 370 g/mol. The van der Waals surface area contributed by atoms with E-state index in [-0.39, 0.29) is 11.6 Å². The van der Waals surface area contributed by atoms with E-state index in [4.69, 9.17) is 4.42 Å². The number of nitrogens with zero attached hydrogens (tertiary/aromatic N) is 4. The molecule has 2 aromatic heterocycles. The fraction of sp³-hybridized carbons (Fsp3) is 0.105. The molecule has 0 fully saturated rings. The van der Waals surface area contributed by atoms with Gasteiger partial charge in [0.15, 0.2) is 16.7 Å². The molecule has 0 saturated heterocycles. The largest absolute Gasteiger partial charge is 0.440 e. The summed E-state index contributed by atoms with van der Waals surface area (Å²) in [6, 6.07) is 12.5. The van der Waals surface area contributed by atoms with Gasteiger partial charge in [0, 0.05) is 12.6 Å². The summed E-state index contributed by atoms with van der Waals surface area (Å²) in [7, 11) is 1.78. The first kappa shape index (κ1) is 17.4. The highest BCUT2D eigenvalue weighted by molar-refractivity contribution is 7.98. The van der Waals surface area contributed by atoms with Crippen LogP contribution in [0.15, 0.2) is 64.3 Å². The maximum absolute atomic E-state index is 14.0. The lowest BCUT2D eigenvalue weighted by Crippen LogP contribution is -1.96. The average Bonchev–Trinajstić information content (AvgIpc) is 3.28. The van der Waals surface area contributed by atoms with E-state index in [9.17, 15) is 8.78 Å². The van der Waals surface area contributed by atoms with Crippen LogP contribution in [0.25, 0.3) is 22.7 Å². The van der Waals surface area contributed by atoms with Gasteiger partial charge in [0.2, 0.25) is 5.89 Å². The molecule has 4 rings (SSSR count). The van der Waals surface area contributed by atoms with Crippen LogP contribution >= 0.6 is 11.8 Å². The molecule has 2 aromatic carbocycles. The maximum atomic E-state index is 14.0. The maximum Gasteiger partial charge on any atom is 0.205 e. The molecule has 0 atom stereocenters. The second kappa shape index (κ2) is 7.32. The molecule has 0 bridgehead atoms. The first-order valence-corrected chi connectivity index (χ1v) is 9.08. The van der Waals surface area contributed by atoms with Gasteiger partial charge < -0.3 is 8.98 Å². The zero-order chi connectivity index (χ0) is 18.8. The zero-order valence-electron chi connectivity index (χ0n) is 14.3. The Hall–Kier alpha value is -3.00. The summed E-state index contributed by atoms with van der Waals surface area (Å²) in [6.45, 7) is 0. The number of halogens is 2. The average molecular weight is 384 g/mol. The van der Waals surface area contributed by atoms with Gasteiger partial charge in [-0.15, -0.1) is 10.2 Å². The Kier molecular flexibility index (Phi) is 4.72. The third-order valence-corrected chi connectivity index (χ3v) is 4.96. The third kappa shape index (κ3) is 3.61. The lowest BCUT2D eigenvalue weighted by atomic mass is 10.2. The van der Waals surface area contributed by atoms with Crippen LogP contribution in [0.4, 0.5) is 8.78 Å². The van der Waals surface area contributed by atoms with Crippen LogP contribution in [0.2, 0.25) is 0 Å². The summed E-state index contributed by atoms with van der Waals surface area (Å²) in [5, 5.41) is 8.83. The summed E-state index contributed by atoms with van der Waals surface area (Å²) < 4.78 is 34.4. The standard InChI is InChI=1S/C19H14F2N4OS/c1-25-18(14-4-2-3-5-15(14)21)23-24-19(25)27-11-17-22-10-16(26-17)12-6-8-13(20)9-7-12/h2-10H,11H2,1H3. The normalized spacial score (nSPS) is 11.1. The van der Waals surface area contributed by atoms with Gasteiger partial charge in [0.05, 0.1) is 17.5 Å². The summed E-state index contributed by atoms with van der Waals surface area (Å²) in [6.07, 6.45) is 1.60. The van der Waals surface area contributed by atoms with E-state index in [1.165, 1.54) is 30.0 Å². The summed E-state index contributed by atoms with van der Waals surface area (Å²) in [5.41, 5.74) is 1.15. The molecule has 0 unspecified atom stereocenters. The van der Waals surface area contributed by atoms with E-state index in [0.29, 0.717) is 33.9 Å². The van der Waals surface area contributed by atoms with Gasteiger partial charge >= 0.3 is 0 Å². The van der Waals surface area contributed by atoms with Crippen molar-refractivity contribution >= 4 is 11.8 Å². The van der Waals surface area contributed by atoms with Crippen molar-refractivity contribution in [1.82, 2.24) is 19.7 Å².